The van der Waals surface area contributed by atoms with Crippen molar-refractivity contribution in [2.45, 2.75) is 13.1 Å². The molecule has 0 spiro atoms. The van der Waals surface area contributed by atoms with Crippen LogP contribution in [0.3, 0.4) is 0 Å². The van der Waals surface area contributed by atoms with Crippen LogP contribution >= 0.6 is 0 Å². The lowest BCUT2D eigenvalue weighted by Crippen LogP contribution is -2.20. The van der Waals surface area contributed by atoms with Crippen molar-refractivity contribution < 1.29 is 37.0 Å². The van der Waals surface area contributed by atoms with Crippen LogP contribution in [0.25, 0.3) is 0 Å². The van der Waals surface area contributed by atoms with E-state index in [0.29, 0.717) is 17.2 Å². The topological polar surface area (TPSA) is 98.8 Å². The van der Waals surface area contributed by atoms with Gasteiger partial charge in [0.05, 0.1) is 36.7 Å². The molecule has 8 nitrogen and oxygen atoms in total. The van der Waals surface area contributed by atoms with Crippen LogP contribution in [0.4, 0.5) is 29.3 Å². The number of carbonyl (C=O) groups excluding carboxylic acids is 2. The molecule has 2 N–H and O–H groups in total. The van der Waals surface area contributed by atoms with Crippen molar-refractivity contribution in [1.29, 1.82) is 0 Å². The minimum absolute atomic E-state index is 0.0746. The van der Waals surface area contributed by atoms with Gasteiger partial charge in [0, 0.05) is 11.9 Å². The highest BCUT2D eigenvalue weighted by atomic mass is 19.4. The molecule has 0 aliphatic rings. The van der Waals surface area contributed by atoms with Crippen molar-refractivity contribution in [3.63, 3.8) is 0 Å². The SMILES string of the molecule is CCOC(=O)c1cncc(Oc2ccc(NC(=O)Nc3cc(C(F)(F)F)ccc3OC)cc2)c1. The highest BCUT2D eigenvalue weighted by molar-refractivity contribution is 6.00. The first-order chi connectivity index (χ1) is 16.2. The molecule has 1 heterocycles. The number of pyridine rings is 1. The van der Waals surface area contributed by atoms with E-state index in [2.05, 4.69) is 15.6 Å². The van der Waals surface area contributed by atoms with Gasteiger partial charge in [0.15, 0.2) is 0 Å². The number of anilines is 2. The third-order valence-electron chi connectivity index (χ3n) is 4.35. The van der Waals surface area contributed by atoms with E-state index in [1.165, 1.54) is 37.7 Å². The van der Waals surface area contributed by atoms with Crippen molar-refractivity contribution in [2.75, 3.05) is 24.4 Å². The van der Waals surface area contributed by atoms with Crippen molar-refractivity contribution in [1.82, 2.24) is 4.98 Å². The molecule has 0 aliphatic carbocycles. The average molecular weight is 475 g/mol. The van der Waals surface area contributed by atoms with E-state index in [-0.39, 0.29) is 23.6 Å². The highest BCUT2D eigenvalue weighted by Gasteiger charge is 2.31. The molecule has 0 atom stereocenters. The summed E-state index contributed by atoms with van der Waals surface area (Å²) in [6.45, 7) is 1.92. The molecule has 11 heteroatoms. The van der Waals surface area contributed by atoms with Crippen LogP contribution in [0.5, 0.6) is 17.2 Å². The summed E-state index contributed by atoms with van der Waals surface area (Å²) in [5, 5.41) is 4.86. The molecule has 0 unspecified atom stereocenters. The van der Waals surface area contributed by atoms with E-state index in [1.807, 2.05) is 0 Å². The minimum atomic E-state index is -4.57. The van der Waals surface area contributed by atoms with E-state index in [9.17, 15) is 22.8 Å². The Hall–Kier alpha value is -4.28. The summed E-state index contributed by atoms with van der Waals surface area (Å²) in [5.74, 6) is 0.253. The standard InChI is InChI=1S/C23H20F3N3O5/c1-3-33-21(30)14-10-18(13-27-12-14)34-17-7-5-16(6-8-17)28-22(31)29-19-11-15(23(24,25)26)4-9-20(19)32-2/h4-13H,3H2,1-2H3,(H2,28,29,31). The van der Waals surface area contributed by atoms with Gasteiger partial charge >= 0.3 is 18.2 Å². The number of hydrogen-bond acceptors (Lipinski definition) is 6. The van der Waals surface area contributed by atoms with Crippen LogP contribution in [0.15, 0.2) is 60.9 Å². The second-order valence-electron chi connectivity index (χ2n) is 6.75. The van der Waals surface area contributed by atoms with Crippen LogP contribution in [-0.2, 0) is 10.9 Å². The van der Waals surface area contributed by atoms with E-state index in [1.54, 1.807) is 19.1 Å². The Morgan fingerprint density at radius 1 is 0.971 bits per heavy atom. The first kappa shape index (κ1) is 24.4. The first-order valence-electron chi connectivity index (χ1n) is 9.93. The van der Waals surface area contributed by atoms with Gasteiger partial charge in [-0.3, -0.25) is 4.98 Å². The summed E-state index contributed by atoms with van der Waals surface area (Å²) in [4.78, 5) is 28.1. The molecule has 0 fully saturated rings. The number of carbonyl (C=O) groups is 2. The fourth-order valence-electron chi connectivity index (χ4n) is 2.81. The number of urea groups is 1. The van der Waals surface area contributed by atoms with Gasteiger partial charge in [0.2, 0.25) is 0 Å². The lowest BCUT2D eigenvalue weighted by atomic mass is 10.2. The van der Waals surface area contributed by atoms with Gasteiger partial charge in [-0.25, -0.2) is 9.59 Å². The van der Waals surface area contributed by atoms with Gasteiger partial charge in [-0.15, -0.1) is 0 Å². The number of benzene rings is 2. The summed E-state index contributed by atoms with van der Waals surface area (Å²) in [6, 6.07) is 9.64. The summed E-state index contributed by atoms with van der Waals surface area (Å²) in [6.07, 6.45) is -1.79. The Bertz CT molecular complexity index is 1170. The molecule has 3 aromatic rings. The first-order valence-corrected chi connectivity index (χ1v) is 9.93. The van der Waals surface area contributed by atoms with E-state index >= 15 is 0 Å². The fourth-order valence-corrected chi connectivity index (χ4v) is 2.81. The number of nitrogens with one attached hydrogen (secondary N) is 2. The summed E-state index contributed by atoms with van der Waals surface area (Å²) in [5.41, 5.74) is -0.469. The van der Waals surface area contributed by atoms with Crippen LogP contribution in [0.2, 0.25) is 0 Å². The number of esters is 1. The fraction of sp³-hybridized carbons (Fsp3) is 0.174. The molecular weight excluding hydrogens is 455 g/mol. The number of amides is 2. The zero-order chi connectivity index (χ0) is 24.7. The van der Waals surface area contributed by atoms with Crippen molar-refractivity contribution in [3.05, 3.63) is 72.1 Å². The second-order valence-corrected chi connectivity index (χ2v) is 6.75. The number of hydrogen-bond donors (Lipinski definition) is 2. The monoisotopic (exact) mass is 475 g/mol. The predicted octanol–water partition coefficient (Wildman–Crippen LogP) is 5.72. The van der Waals surface area contributed by atoms with Gasteiger partial charge in [-0.05, 0) is 55.5 Å². The van der Waals surface area contributed by atoms with Crippen molar-refractivity contribution in [3.8, 4) is 17.2 Å². The molecule has 2 aromatic carbocycles. The number of halogens is 3. The number of nitrogens with zero attached hydrogens (tertiary/aromatic N) is 1. The average Bonchev–Trinajstić information content (AvgIpc) is 2.80. The van der Waals surface area contributed by atoms with Crippen LogP contribution in [0, 0.1) is 0 Å². The third-order valence-corrected chi connectivity index (χ3v) is 4.35. The lowest BCUT2D eigenvalue weighted by molar-refractivity contribution is -0.137. The molecule has 2 amide bonds. The molecule has 0 bridgehead atoms. The molecule has 3 rings (SSSR count). The highest BCUT2D eigenvalue weighted by Crippen LogP contribution is 2.35. The number of methoxy groups -OCH3 is 1. The van der Waals surface area contributed by atoms with E-state index in [4.69, 9.17) is 14.2 Å². The summed E-state index contributed by atoms with van der Waals surface area (Å²) < 4.78 is 54.5. The zero-order valence-corrected chi connectivity index (χ0v) is 18.1. The maximum Gasteiger partial charge on any atom is 0.416 e. The van der Waals surface area contributed by atoms with Crippen molar-refractivity contribution in [2.24, 2.45) is 0 Å². The Labute approximate surface area is 192 Å². The number of ether oxygens (including phenoxy) is 3. The summed E-state index contributed by atoms with van der Waals surface area (Å²) >= 11 is 0. The van der Waals surface area contributed by atoms with Crippen molar-refractivity contribution >= 4 is 23.4 Å². The lowest BCUT2D eigenvalue weighted by Gasteiger charge is -2.14. The van der Waals surface area contributed by atoms with E-state index < -0.39 is 23.7 Å². The summed E-state index contributed by atoms with van der Waals surface area (Å²) in [7, 11) is 1.28. The number of aromatic nitrogens is 1. The molecule has 0 saturated carbocycles. The van der Waals surface area contributed by atoms with Crippen LogP contribution in [-0.4, -0.2) is 30.7 Å². The molecule has 34 heavy (non-hydrogen) atoms. The molecule has 0 radical (unpaired) electrons. The molecule has 0 aliphatic heterocycles. The number of alkyl halides is 3. The maximum absolute atomic E-state index is 13.0. The van der Waals surface area contributed by atoms with Gasteiger partial charge in [-0.2, -0.15) is 13.2 Å². The minimum Gasteiger partial charge on any atom is -0.495 e. The second kappa shape index (κ2) is 10.6. The van der Waals surface area contributed by atoms with E-state index in [0.717, 1.165) is 18.2 Å². The smallest absolute Gasteiger partial charge is 0.416 e. The van der Waals surface area contributed by atoms with Crippen LogP contribution < -0.4 is 20.1 Å². The van der Waals surface area contributed by atoms with Gasteiger partial charge < -0.3 is 24.8 Å². The molecule has 178 valence electrons. The third kappa shape index (κ3) is 6.37. The van der Waals surface area contributed by atoms with Gasteiger partial charge in [-0.1, -0.05) is 0 Å². The van der Waals surface area contributed by atoms with Crippen LogP contribution in [0.1, 0.15) is 22.8 Å². The number of rotatable bonds is 7. The molecule has 0 saturated heterocycles. The Kier molecular flexibility index (Phi) is 7.57. The predicted molar refractivity (Wildman–Crippen MR) is 117 cm³/mol. The van der Waals surface area contributed by atoms with Gasteiger partial charge in [0.1, 0.15) is 17.2 Å². The molecule has 1 aromatic heterocycles. The quantitative estimate of drug-likeness (QED) is 0.424. The maximum atomic E-state index is 13.0. The zero-order valence-electron chi connectivity index (χ0n) is 18.1. The Morgan fingerprint density at radius 3 is 2.35 bits per heavy atom. The normalized spacial score (nSPS) is 10.9. The Balaban J connectivity index is 1.65. The molecular formula is C23H20F3N3O5. The Morgan fingerprint density at radius 2 is 1.71 bits per heavy atom. The largest absolute Gasteiger partial charge is 0.495 e. The van der Waals surface area contributed by atoms with Gasteiger partial charge in [0.25, 0.3) is 0 Å².